The molecule has 0 aromatic heterocycles. The zero-order valence-corrected chi connectivity index (χ0v) is 7.92. The van der Waals surface area contributed by atoms with Gasteiger partial charge in [-0.3, -0.25) is 25.0 Å². The summed E-state index contributed by atoms with van der Waals surface area (Å²) in [6.45, 7) is -1.14. The monoisotopic (exact) mass is 244 g/mol. The number of hydrogen-bond acceptors (Lipinski definition) is 6. The maximum atomic E-state index is 12.6. The first-order valence-corrected chi connectivity index (χ1v) is 4.05. The zero-order chi connectivity index (χ0) is 12.0. The first-order chi connectivity index (χ1) is 6.90. The third-order valence-corrected chi connectivity index (χ3v) is 1.53. The zero-order valence-electron chi connectivity index (χ0n) is 7.17. The highest BCUT2D eigenvalue weighted by Crippen LogP contribution is 2.01. The van der Waals surface area contributed by atoms with E-state index >= 15 is 0 Å². The van der Waals surface area contributed by atoms with Gasteiger partial charge in [-0.2, -0.15) is 0 Å². The first kappa shape index (κ1) is 13.7. The summed E-state index contributed by atoms with van der Waals surface area (Å²) >= 11 is 4.95. The predicted octanol–water partition coefficient (Wildman–Crippen LogP) is -0.0140. The Bertz CT molecular complexity index is 260. The Morgan fingerprint density at radius 2 is 1.87 bits per heavy atom. The van der Waals surface area contributed by atoms with Crippen LogP contribution >= 0.6 is 11.6 Å². The first-order valence-electron chi connectivity index (χ1n) is 3.51. The molecule has 0 aromatic rings. The molecule has 0 saturated carbocycles. The van der Waals surface area contributed by atoms with Crippen molar-refractivity contribution < 1.29 is 23.8 Å². The second-order valence-electron chi connectivity index (χ2n) is 2.30. The summed E-state index contributed by atoms with van der Waals surface area (Å²) in [5.41, 5.74) is 0. The number of carbonyl (C=O) groups is 1. The highest BCUT2D eigenvalue weighted by atomic mass is 35.5. The Morgan fingerprint density at radius 3 is 2.20 bits per heavy atom. The average molecular weight is 245 g/mol. The van der Waals surface area contributed by atoms with E-state index in [-0.39, 0.29) is 0 Å². The van der Waals surface area contributed by atoms with Crippen molar-refractivity contribution in [2.45, 2.75) is 12.5 Å². The third kappa shape index (κ3) is 4.61. The van der Waals surface area contributed by atoms with Gasteiger partial charge in [0.05, 0.1) is 15.7 Å². The number of ether oxygens (including phenoxy) is 1. The van der Waals surface area contributed by atoms with Crippen molar-refractivity contribution in [1.82, 2.24) is 0 Å². The summed E-state index contributed by atoms with van der Waals surface area (Å²) in [6, 6.07) is 0. The molecule has 0 aliphatic rings. The van der Waals surface area contributed by atoms with Crippen molar-refractivity contribution in [3.8, 4) is 0 Å². The van der Waals surface area contributed by atoms with Crippen LogP contribution in [0.5, 0.6) is 0 Å². The van der Waals surface area contributed by atoms with E-state index in [2.05, 4.69) is 4.74 Å². The highest BCUT2D eigenvalue weighted by Gasteiger charge is 2.34. The maximum absolute atomic E-state index is 12.6. The molecule has 0 N–H and O–H groups in total. The van der Waals surface area contributed by atoms with Crippen LogP contribution in [0, 0.1) is 20.2 Å². The van der Waals surface area contributed by atoms with Gasteiger partial charge in [0.25, 0.3) is 6.36 Å². The summed E-state index contributed by atoms with van der Waals surface area (Å²) < 4.78 is 16.6. The van der Waals surface area contributed by atoms with E-state index in [0.717, 1.165) is 0 Å². The van der Waals surface area contributed by atoms with Crippen molar-refractivity contribution >= 4 is 17.4 Å². The number of nitrogens with zero attached hydrogens (tertiary/aromatic N) is 2. The summed E-state index contributed by atoms with van der Waals surface area (Å²) in [5, 5.41) is 20.1. The largest absolute Gasteiger partial charge is 0.473 e. The van der Waals surface area contributed by atoms with Crippen molar-refractivity contribution in [3.05, 3.63) is 20.2 Å². The van der Waals surface area contributed by atoms with Gasteiger partial charge in [-0.25, -0.2) is 4.39 Å². The van der Waals surface area contributed by atoms with Crippen LogP contribution in [0.15, 0.2) is 0 Å². The van der Waals surface area contributed by atoms with Crippen LogP contribution in [0.25, 0.3) is 0 Å². The lowest BCUT2D eigenvalue weighted by Gasteiger charge is -2.06. The Morgan fingerprint density at radius 1 is 1.40 bits per heavy atom. The molecule has 0 aliphatic heterocycles. The van der Waals surface area contributed by atoms with Crippen molar-refractivity contribution in [3.63, 3.8) is 0 Å². The summed E-state index contributed by atoms with van der Waals surface area (Å²) in [4.78, 5) is 28.1. The van der Waals surface area contributed by atoms with Crippen LogP contribution in [0.3, 0.4) is 0 Å². The fourth-order valence-corrected chi connectivity index (χ4v) is 0.644. The van der Waals surface area contributed by atoms with E-state index in [0.29, 0.717) is 0 Å². The number of hydrogen-bond donors (Lipinski definition) is 0. The molecule has 0 saturated heterocycles. The lowest BCUT2D eigenvalue weighted by atomic mass is 10.4. The van der Waals surface area contributed by atoms with Crippen LogP contribution in [0.2, 0.25) is 0 Å². The molecule has 0 rings (SSSR count). The fourth-order valence-electron chi connectivity index (χ4n) is 0.523. The normalized spacial score (nSPS) is 12.5. The molecule has 0 radical (unpaired) electrons. The minimum absolute atomic E-state index is 0.678. The van der Waals surface area contributed by atoms with E-state index in [1.54, 1.807) is 0 Å². The standard InChI is InChI=1S/C5H6ClFN2O6/c6-1-3(10)5(7)15-2-4(8(11)12)9(13)14/h4-5H,1-2H2. The second-order valence-corrected chi connectivity index (χ2v) is 2.57. The second kappa shape index (κ2) is 6.19. The Kier molecular flexibility index (Phi) is 5.64. The van der Waals surface area contributed by atoms with Gasteiger partial charge in [0.2, 0.25) is 5.78 Å². The molecule has 15 heavy (non-hydrogen) atoms. The molecule has 8 nitrogen and oxygen atoms in total. The smallest absolute Gasteiger partial charge is 0.327 e. The lowest BCUT2D eigenvalue weighted by molar-refractivity contribution is -0.744. The molecular formula is C5H6ClFN2O6. The SMILES string of the molecule is O=C(CCl)C(F)OCC([N+](=O)[O-])[N+](=O)[O-]. The molecule has 0 heterocycles. The molecule has 0 bridgehead atoms. The summed E-state index contributed by atoms with van der Waals surface area (Å²) in [7, 11) is 0. The molecule has 1 unspecified atom stereocenters. The Labute approximate surface area is 87.2 Å². The lowest BCUT2D eigenvalue weighted by Crippen LogP contribution is -2.36. The average Bonchev–Trinajstić information content (AvgIpc) is 2.15. The molecule has 0 spiro atoms. The van der Waals surface area contributed by atoms with Crippen molar-refractivity contribution in [2.75, 3.05) is 12.5 Å². The summed E-state index contributed by atoms with van der Waals surface area (Å²) in [6.07, 6.45) is -4.78. The molecule has 10 heteroatoms. The topological polar surface area (TPSA) is 113 Å². The molecule has 86 valence electrons. The number of nitro groups is 2. The maximum Gasteiger partial charge on any atom is 0.473 e. The highest BCUT2D eigenvalue weighted by molar-refractivity contribution is 6.28. The minimum Gasteiger partial charge on any atom is -0.327 e. The van der Waals surface area contributed by atoms with Crippen LogP contribution in [0.1, 0.15) is 0 Å². The van der Waals surface area contributed by atoms with E-state index in [4.69, 9.17) is 11.6 Å². The van der Waals surface area contributed by atoms with Gasteiger partial charge in [-0.05, 0) is 0 Å². The number of carbonyl (C=O) groups excluding carboxylic acids is 1. The van der Waals surface area contributed by atoms with Crippen LogP contribution in [0.4, 0.5) is 4.39 Å². The van der Waals surface area contributed by atoms with Crippen LogP contribution in [-0.2, 0) is 9.53 Å². The quantitative estimate of drug-likeness (QED) is 0.269. The van der Waals surface area contributed by atoms with E-state index < -0.39 is 40.6 Å². The Balaban J connectivity index is 4.17. The molecule has 0 aromatic carbocycles. The minimum atomic E-state index is -2.48. The van der Waals surface area contributed by atoms with E-state index in [1.165, 1.54) is 0 Å². The molecular weight excluding hydrogens is 239 g/mol. The van der Waals surface area contributed by atoms with Gasteiger partial charge in [0.15, 0.2) is 6.61 Å². The van der Waals surface area contributed by atoms with E-state index in [1.807, 2.05) is 0 Å². The fraction of sp³-hybridized carbons (Fsp3) is 0.800. The van der Waals surface area contributed by atoms with Gasteiger partial charge < -0.3 is 4.74 Å². The number of rotatable bonds is 7. The predicted molar refractivity (Wildman–Crippen MR) is 44.4 cm³/mol. The number of halogens is 2. The van der Waals surface area contributed by atoms with Crippen molar-refractivity contribution in [2.24, 2.45) is 0 Å². The third-order valence-electron chi connectivity index (χ3n) is 1.26. The number of ketones is 1. The molecule has 0 fully saturated rings. The van der Waals surface area contributed by atoms with Crippen molar-refractivity contribution in [1.29, 1.82) is 0 Å². The van der Waals surface area contributed by atoms with Gasteiger partial charge >= 0.3 is 6.17 Å². The van der Waals surface area contributed by atoms with E-state index in [9.17, 15) is 29.4 Å². The van der Waals surface area contributed by atoms with Crippen LogP contribution in [-0.4, -0.2) is 40.6 Å². The van der Waals surface area contributed by atoms with Gasteiger partial charge in [-0.15, -0.1) is 11.6 Å². The van der Waals surface area contributed by atoms with Gasteiger partial charge in [0, 0.05) is 0 Å². The number of alkyl halides is 2. The van der Waals surface area contributed by atoms with Gasteiger partial charge in [0.1, 0.15) is 0 Å². The Hall–Kier alpha value is -1.35. The van der Waals surface area contributed by atoms with Crippen LogP contribution < -0.4 is 0 Å². The molecule has 0 aliphatic carbocycles. The molecule has 0 amide bonds. The summed E-state index contributed by atoms with van der Waals surface area (Å²) in [5.74, 6) is -1.83. The number of Topliss-reactive ketones (excluding diaryl/α,β-unsaturated/α-hetero) is 1. The van der Waals surface area contributed by atoms with Gasteiger partial charge in [-0.1, -0.05) is 0 Å². The molecule has 1 atom stereocenters.